The Hall–Kier alpha value is -1.72. The van der Waals surface area contributed by atoms with Crippen LogP contribution < -0.4 is 5.32 Å². The number of carbonyl (C=O) groups is 1. The molecule has 0 amide bonds. The van der Waals surface area contributed by atoms with Crippen LogP contribution >= 0.6 is 0 Å². The van der Waals surface area contributed by atoms with Crippen molar-refractivity contribution in [1.82, 2.24) is 0 Å². The number of hydrogen-bond donors (Lipinski definition) is 1. The molecule has 1 aliphatic rings. The largest absolute Gasteiger partial charge is 0.465 e. The zero-order valence-corrected chi connectivity index (χ0v) is 14.5. The molecule has 0 saturated heterocycles. The third-order valence-electron chi connectivity index (χ3n) is 4.68. The maximum absolute atomic E-state index is 13.2. The Balaban J connectivity index is 2.39. The number of methoxy groups -OCH3 is 1. The average Bonchev–Trinajstić information content (AvgIpc) is 2.46. The molecule has 0 unspecified atom stereocenters. The van der Waals surface area contributed by atoms with Gasteiger partial charge in [-0.15, -0.1) is 0 Å². The molecule has 3 nitrogen and oxygen atoms in total. The van der Waals surface area contributed by atoms with Crippen molar-refractivity contribution in [2.75, 3.05) is 12.4 Å². The highest BCUT2D eigenvalue weighted by Gasteiger charge is 2.33. The minimum atomic E-state index is -4.51. The van der Waals surface area contributed by atoms with Gasteiger partial charge in [0, 0.05) is 11.7 Å². The van der Waals surface area contributed by atoms with E-state index in [4.69, 9.17) is 0 Å². The molecule has 24 heavy (non-hydrogen) atoms. The van der Waals surface area contributed by atoms with Crippen LogP contribution in [-0.2, 0) is 10.9 Å². The molecule has 0 bridgehead atoms. The fraction of sp³-hybridized carbons (Fsp3) is 0.611. The summed E-state index contributed by atoms with van der Waals surface area (Å²) >= 11 is 0. The number of alkyl halides is 3. The summed E-state index contributed by atoms with van der Waals surface area (Å²) in [6, 6.07) is 2.06. The lowest BCUT2D eigenvalue weighted by molar-refractivity contribution is -0.137. The van der Waals surface area contributed by atoms with Crippen LogP contribution in [0, 0.1) is 18.8 Å². The summed E-state index contributed by atoms with van der Waals surface area (Å²) < 4.78 is 44.1. The Morgan fingerprint density at radius 2 is 1.75 bits per heavy atom. The monoisotopic (exact) mass is 343 g/mol. The van der Waals surface area contributed by atoms with Gasteiger partial charge >= 0.3 is 12.1 Å². The Kier molecular flexibility index (Phi) is 5.45. The summed E-state index contributed by atoms with van der Waals surface area (Å²) in [5, 5.41) is 3.23. The molecule has 1 aromatic carbocycles. The van der Waals surface area contributed by atoms with Crippen LogP contribution in [0.25, 0.3) is 0 Å². The zero-order chi connectivity index (χ0) is 18.1. The summed E-state index contributed by atoms with van der Waals surface area (Å²) in [6.45, 7) is 5.96. The summed E-state index contributed by atoms with van der Waals surface area (Å²) in [5.74, 6) is 0.293. The van der Waals surface area contributed by atoms with Gasteiger partial charge in [-0.1, -0.05) is 13.8 Å². The third-order valence-corrected chi connectivity index (χ3v) is 4.68. The van der Waals surface area contributed by atoms with Crippen molar-refractivity contribution in [3.05, 3.63) is 28.8 Å². The molecule has 0 heterocycles. The normalized spacial score (nSPS) is 24.5. The van der Waals surface area contributed by atoms with Crippen molar-refractivity contribution in [1.29, 1.82) is 0 Å². The first kappa shape index (κ1) is 18.6. The summed E-state index contributed by atoms with van der Waals surface area (Å²) in [7, 11) is 1.17. The fourth-order valence-corrected chi connectivity index (χ4v) is 3.63. The molecule has 0 spiro atoms. The standard InChI is InChI=1S/C18H24F3NO2/c1-10-5-11(2)7-14(6-10)22-16-9-13(18(19,20)21)8-15(12(16)3)17(23)24-4/h8-11,14,22H,5-7H2,1-4H3/t10-,11-/m0/s1. The Morgan fingerprint density at radius 3 is 2.25 bits per heavy atom. The second-order valence-corrected chi connectivity index (χ2v) is 6.94. The van der Waals surface area contributed by atoms with E-state index in [1.54, 1.807) is 6.92 Å². The molecule has 1 fully saturated rings. The molecule has 2 atom stereocenters. The van der Waals surface area contributed by atoms with Crippen molar-refractivity contribution in [3.63, 3.8) is 0 Å². The van der Waals surface area contributed by atoms with E-state index in [9.17, 15) is 18.0 Å². The maximum atomic E-state index is 13.2. The number of nitrogens with one attached hydrogen (secondary N) is 1. The molecule has 1 aromatic rings. The van der Waals surface area contributed by atoms with E-state index < -0.39 is 17.7 Å². The molecule has 0 radical (unpaired) electrons. The highest BCUT2D eigenvalue weighted by atomic mass is 19.4. The lowest BCUT2D eigenvalue weighted by Crippen LogP contribution is -2.30. The number of hydrogen-bond acceptors (Lipinski definition) is 3. The zero-order valence-electron chi connectivity index (χ0n) is 14.5. The molecule has 0 aliphatic heterocycles. The van der Waals surface area contributed by atoms with Crippen LogP contribution in [0.5, 0.6) is 0 Å². The topological polar surface area (TPSA) is 38.3 Å². The van der Waals surface area contributed by atoms with Crippen molar-refractivity contribution >= 4 is 11.7 Å². The number of ether oxygens (including phenoxy) is 1. The smallest absolute Gasteiger partial charge is 0.416 e. The molecule has 6 heteroatoms. The minimum absolute atomic E-state index is 0.0493. The van der Waals surface area contributed by atoms with Crippen molar-refractivity contribution in [3.8, 4) is 0 Å². The van der Waals surface area contributed by atoms with Crippen LogP contribution in [0.1, 0.15) is 54.6 Å². The average molecular weight is 343 g/mol. The van der Waals surface area contributed by atoms with Gasteiger partial charge in [0.1, 0.15) is 0 Å². The number of esters is 1. The van der Waals surface area contributed by atoms with Crippen LogP contribution in [0.4, 0.5) is 18.9 Å². The van der Waals surface area contributed by atoms with Gasteiger partial charge in [-0.2, -0.15) is 13.2 Å². The van der Waals surface area contributed by atoms with Crippen molar-refractivity contribution in [2.24, 2.45) is 11.8 Å². The van der Waals surface area contributed by atoms with Crippen LogP contribution in [0.15, 0.2) is 12.1 Å². The number of halogens is 3. The Morgan fingerprint density at radius 1 is 1.17 bits per heavy atom. The van der Waals surface area contributed by atoms with E-state index in [2.05, 4.69) is 23.9 Å². The molecular formula is C18H24F3NO2. The van der Waals surface area contributed by atoms with Crippen molar-refractivity contribution < 1.29 is 22.7 Å². The van der Waals surface area contributed by atoms with Gasteiger partial charge in [0.15, 0.2) is 0 Å². The first-order valence-corrected chi connectivity index (χ1v) is 8.18. The van der Waals surface area contributed by atoms with E-state index in [0.29, 0.717) is 23.1 Å². The van der Waals surface area contributed by atoms with E-state index in [0.717, 1.165) is 31.4 Å². The highest BCUT2D eigenvalue weighted by molar-refractivity contribution is 5.93. The molecule has 0 aromatic heterocycles. The van der Waals surface area contributed by atoms with E-state index >= 15 is 0 Å². The van der Waals surface area contributed by atoms with Gasteiger partial charge in [0.05, 0.1) is 18.2 Å². The van der Waals surface area contributed by atoms with Gasteiger partial charge in [0.25, 0.3) is 0 Å². The molecule has 1 saturated carbocycles. The molecule has 134 valence electrons. The second-order valence-electron chi connectivity index (χ2n) is 6.94. The van der Waals surface area contributed by atoms with Crippen molar-refractivity contribution in [2.45, 2.75) is 52.3 Å². The summed E-state index contributed by atoms with van der Waals surface area (Å²) in [4.78, 5) is 11.8. The molecular weight excluding hydrogens is 319 g/mol. The lowest BCUT2D eigenvalue weighted by Gasteiger charge is -2.33. The number of carbonyl (C=O) groups excluding carboxylic acids is 1. The van der Waals surface area contributed by atoms with E-state index in [1.165, 1.54) is 7.11 Å². The van der Waals surface area contributed by atoms with Crippen LogP contribution in [0.3, 0.4) is 0 Å². The second kappa shape index (κ2) is 7.03. The Bertz CT molecular complexity index is 603. The van der Waals surface area contributed by atoms with Gasteiger partial charge in [-0.3, -0.25) is 0 Å². The van der Waals surface area contributed by atoms with Crippen LogP contribution in [-0.4, -0.2) is 19.1 Å². The molecule has 1 N–H and O–H groups in total. The lowest BCUT2D eigenvalue weighted by atomic mass is 9.80. The Labute approximate surface area is 140 Å². The predicted octanol–water partition coefficient (Wildman–Crippen LogP) is 5.04. The van der Waals surface area contributed by atoms with E-state index in [-0.39, 0.29) is 11.6 Å². The molecule has 2 rings (SSSR count). The number of benzene rings is 1. The number of rotatable bonds is 3. The van der Waals surface area contributed by atoms with E-state index in [1.807, 2.05) is 0 Å². The third kappa shape index (κ3) is 4.22. The first-order valence-electron chi connectivity index (χ1n) is 8.18. The van der Waals surface area contributed by atoms with Gasteiger partial charge in [-0.05, 0) is 55.7 Å². The predicted molar refractivity (Wildman–Crippen MR) is 87.1 cm³/mol. The number of anilines is 1. The fourth-order valence-electron chi connectivity index (χ4n) is 3.63. The quantitative estimate of drug-likeness (QED) is 0.782. The highest BCUT2D eigenvalue weighted by Crippen LogP contribution is 2.36. The minimum Gasteiger partial charge on any atom is -0.465 e. The van der Waals surface area contributed by atoms with Gasteiger partial charge < -0.3 is 10.1 Å². The maximum Gasteiger partial charge on any atom is 0.416 e. The van der Waals surface area contributed by atoms with Gasteiger partial charge in [-0.25, -0.2) is 4.79 Å². The summed E-state index contributed by atoms with van der Waals surface area (Å²) in [5.41, 5.74) is -0.0445. The summed E-state index contributed by atoms with van der Waals surface area (Å²) in [6.07, 6.45) is -1.56. The van der Waals surface area contributed by atoms with Crippen LogP contribution in [0.2, 0.25) is 0 Å². The van der Waals surface area contributed by atoms with Gasteiger partial charge in [0.2, 0.25) is 0 Å². The SMILES string of the molecule is COC(=O)c1cc(C(F)(F)F)cc(NC2C[C@@H](C)C[C@H](C)C2)c1C. The first-order chi connectivity index (χ1) is 11.1. The molecule has 1 aliphatic carbocycles.